The highest BCUT2D eigenvalue weighted by molar-refractivity contribution is 7.88. The van der Waals surface area contributed by atoms with Crippen molar-refractivity contribution in [1.82, 2.24) is 14.1 Å². The number of sulfonamides is 1. The molecule has 3 aliphatic rings. The number of aromatic nitrogens is 2. The monoisotopic (exact) mass is 630 g/mol. The number of ether oxygens (including phenoxy) is 2. The second kappa shape index (κ2) is 11.7. The van der Waals surface area contributed by atoms with Gasteiger partial charge in [0.15, 0.2) is 0 Å². The number of rotatable bonds is 9. The topological polar surface area (TPSA) is 149 Å². The molecule has 1 saturated carbocycles. The van der Waals surface area contributed by atoms with E-state index in [-0.39, 0.29) is 43.2 Å². The lowest BCUT2D eigenvalue weighted by Gasteiger charge is -2.35. The summed E-state index contributed by atoms with van der Waals surface area (Å²) in [5.41, 5.74) is 0.809. The average molecular weight is 631 g/mol. The lowest BCUT2D eigenvalue weighted by atomic mass is 10.1. The summed E-state index contributed by atoms with van der Waals surface area (Å²) in [5, 5.41) is 19.6. The fourth-order valence-electron chi connectivity index (χ4n) is 5.40. The van der Waals surface area contributed by atoms with Crippen molar-refractivity contribution in [3.05, 3.63) is 73.6 Å². The molecule has 3 heterocycles. The van der Waals surface area contributed by atoms with Crippen LogP contribution in [0.2, 0.25) is 5.02 Å². The van der Waals surface area contributed by atoms with Gasteiger partial charge >= 0.3 is 5.56 Å². The molecule has 1 aliphatic carbocycles. The summed E-state index contributed by atoms with van der Waals surface area (Å²) in [6.07, 6.45) is 2.59. The molecule has 43 heavy (non-hydrogen) atoms. The van der Waals surface area contributed by atoms with Gasteiger partial charge in [-0.15, -0.1) is 0 Å². The normalized spacial score (nSPS) is 20.1. The van der Waals surface area contributed by atoms with Gasteiger partial charge in [-0.05, 0) is 42.5 Å². The van der Waals surface area contributed by atoms with Crippen LogP contribution in [0.25, 0.3) is 5.69 Å². The highest BCUT2D eigenvalue weighted by atomic mass is 35.5. The Labute approximate surface area is 253 Å². The number of benzene rings is 2. The fraction of sp³-hybridized carbons (Fsp3) is 0.429. The molecule has 6 rings (SSSR count). The van der Waals surface area contributed by atoms with Crippen LogP contribution in [0.5, 0.6) is 11.5 Å². The summed E-state index contributed by atoms with van der Waals surface area (Å²) in [6.45, 7) is 4.20. The van der Waals surface area contributed by atoms with Crippen LogP contribution in [-0.2, 0) is 15.8 Å². The molecule has 0 amide bonds. The van der Waals surface area contributed by atoms with Gasteiger partial charge in [0.2, 0.25) is 15.8 Å². The van der Waals surface area contributed by atoms with Crippen LogP contribution >= 0.6 is 11.6 Å². The first-order valence-electron chi connectivity index (χ1n) is 14.0. The quantitative estimate of drug-likeness (QED) is 0.276. The third kappa shape index (κ3) is 6.12. The third-order valence-electron chi connectivity index (χ3n) is 8.05. The Bertz CT molecular complexity index is 1720. The predicted molar refractivity (Wildman–Crippen MR) is 161 cm³/mol. The van der Waals surface area contributed by atoms with Crippen LogP contribution in [-0.4, -0.2) is 73.4 Å². The van der Waals surface area contributed by atoms with E-state index in [1.807, 2.05) is 4.90 Å². The Kier molecular flexibility index (Phi) is 7.92. The fourth-order valence-corrected chi connectivity index (χ4v) is 7.11. The molecule has 2 aromatic carbocycles. The van der Waals surface area contributed by atoms with Crippen LogP contribution in [0.15, 0.2) is 47.4 Å². The van der Waals surface area contributed by atoms with Crippen LogP contribution in [0, 0.1) is 22.0 Å². The predicted octanol–water partition coefficient (Wildman–Crippen LogP) is 3.29. The zero-order valence-corrected chi connectivity index (χ0v) is 25.0. The van der Waals surface area contributed by atoms with Crippen molar-refractivity contribution in [2.24, 2.45) is 11.8 Å². The number of nitro benzene ring substituents is 1. The second-order valence-corrected chi connectivity index (χ2v) is 13.4. The Morgan fingerprint density at radius 1 is 1.21 bits per heavy atom. The van der Waals surface area contributed by atoms with Crippen molar-refractivity contribution in [2.75, 3.05) is 56.2 Å². The molecule has 0 bridgehead atoms. The molecule has 2 unspecified atom stereocenters. The first kappa shape index (κ1) is 29.2. The van der Waals surface area contributed by atoms with E-state index in [4.69, 9.17) is 21.1 Å². The van der Waals surface area contributed by atoms with Crippen molar-refractivity contribution in [1.29, 1.82) is 0 Å². The van der Waals surface area contributed by atoms with Gasteiger partial charge in [-0.25, -0.2) is 8.42 Å². The molecule has 2 atom stereocenters. The van der Waals surface area contributed by atoms with Gasteiger partial charge in [-0.2, -0.15) is 14.1 Å². The number of hydrogen-bond acceptors (Lipinski definition) is 10. The molecule has 0 spiro atoms. The molecule has 15 heteroatoms. The molecule has 13 nitrogen and oxygen atoms in total. The van der Waals surface area contributed by atoms with Crippen molar-refractivity contribution in [2.45, 2.75) is 19.1 Å². The van der Waals surface area contributed by atoms with Crippen molar-refractivity contribution in [3.63, 3.8) is 0 Å². The van der Waals surface area contributed by atoms with Crippen LogP contribution in [0.4, 0.5) is 17.1 Å². The highest BCUT2D eigenvalue weighted by Crippen LogP contribution is 2.39. The summed E-state index contributed by atoms with van der Waals surface area (Å²) >= 11 is 6.15. The first-order chi connectivity index (χ1) is 20.6. The zero-order chi connectivity index (χ0) is 30.3. The number of hydrogen-bond donors (Lipinski definition) is 1. The lowest BCUT2D eigenvalue weighted by Crippen LogP contribution is -2.49. The zero-order valence-electron chi connectivity index (χ0n) is 23.4. The lowest BCUT2D eigenvalue weighted by molar-refractivity contribution is -0.385. The smallest absolute Gasteiger partial charge is 0.316 e. The number of halogens is 1. The van der Waals surface area contributed by atoms with E-state index in [1.165, 1.54) is 21.1 Å². The van der Waals surface area contributed by atoms with E-state index in [0.717, 1.165) is 6.42 Å². The minimum Gasteiger partial charge on any atom is -0.490 e. The van der Waals surface area contributed by atoms with E-state index in [9.17, 15) is 23.3 Å². The molecular formula is C28H31ClN6O7S. The number of piperazine rings is 1. The minimum atomic E-state index is -3.91. The molecule has 0 radical (unpaired) electrons. The van der Waals surface area contributed by atoms with Crippen LogP contribution in [0.1, 0.15) is 18.9 Å². The van der Waals surface area contributed by atoms with Crippen LogP contribution < -0.4 is 25.2 Å². The number of nitrogens with one attached hydrogen (secondary N) is 1. The maximum atomic E-state index is 13.6. The maximum absolute atomic E-state index is 13.6. The van der Waals surface area contributed by atoms with Gasteiger partial charge in [0.1, 0.15) is 18.0 Å². The van der Waals surface area contributed by atoms with E-state index < -0.39 is 26.3 Å². The number of nitro groups is 1. The summed E-state index contributed by atoms with van der Waals surface area (Å²) < 4.78 is 41.1. The molecule has 1 saturated heterocycles. The Hall–Kier alpha value is -3.88. The van der Waals surface area contributed by atoms with E-state index in [1.54, 1.807) is 30.5 Å². The SMILES string of the molecule is CC1CC1COc1c(N2CCN(S(=O)(=O)Cc3cc4c(cc3[N+](=O)[O-])NCCO4)CC2)cnn(-c2cccc(Cl)c2)c1=O. The van der Waals surface area contributed by atoms with Gasteiger partial charge in [0, 0.05) is 43.8 Å². The number of nitrogens with zero attached hydrogens (tertiary/aromatic N) is 5. The average Bonchev–Trinajstić information content (AvgIpc) is 3.70. The molecule has 1 aromatic heterocycles. The highest BCUT2D eigenvalue weighted by Gasteiger charge is 2.35. The molecule has 2 fully saturated rings. The molecule has 228 valence electrons. The summed E-state index contributed by atoms with van der Waals surface area (Å²) in [6, 6.07) is 9.55. The standard InChI is InChI=1S/C28H31ClN6O7S/c1-18-11-19(18)16-42-27-25(15-31-34(28(27)36)22-4-2-3-21(29)13-22)32-6-8-33(9-7-32)43(39,40)17-20-12-26-23(30-5-10-41-26)14-24(20)35(37)38/h2-4,12-15,18-19,30H,5-11,16-17H2,1H3. The van der Waals surface area contributed by atoms with Gasteiger partial charge in [0.05, 0.1) is 40.4 Å². The van der Waals surface area contributed by atoms with Gasteiger partial charge in [0.25, 0.3) is 5.69 Å². The third-order valence-corrected chi connectivity index (χ3v) is 10.1. The molecule has 2 aliphatic heterocycles. The summed E-state index contributed by atoms with van der Waals surface area (Å²) in [7, 11) is -3.91. The van der Waals surface area contributed by atoms with Crippen molar-refractivity contribution in [3.8, 4) is 17.2 Å². The van der Waals surface area contributed by atoms with Gasteiger partial charge in [-0.1, -0.05) is 24.6 Å². The number of fused-ring (bicyclic) bond motifs is 1. The van der Waals surface area contributed by atoms with Crippen LogP contribution in [0.3, 0.4) is 0 Å². The summed E-state index contributed by atoms with van der Waals surface area (Å²) in [4.78, 5) is 26.7. The summed E-state index contributed by atoms with van der Waals surface area (Å²) in [5.74, 6) is 0.910. The van der Waals surface area contributed by atoms with Crippen molar-refractivity contribution < 1.29 is 22.8 Å². The van der Waals surface area contributed by atoms with Crippen molar-refractivity contribution >= 4 is 38.7 Å². The number of anilines is 2. The largest absolute Gasteiger partial charge is 0.490 e. The molecular weight excluding hydrogens is 600 g/mol. The Morgan fingerprint density at radius 3 is 2.67 bits per heavy atom. The van der Waals surface area contributed by atoms with E-state index >= 15 is 0 Å². The minimum absolute atomic E-state index is 0.0636. The Balaban J connectivity index is 1.21. The Morgan fingerprint density at radius 2 is 1.98 bits per heavy atom. The second-order valence-electron chi connectivity index (χ2n) is 11.0. The molecule has 3 aromatic rings. The van der Waals surface area contributed by atoms with Gasteiger partial charge in [-0.3, -0.25) is 14.9 Å². The molecule has 1 N–H and O–H groups in total. The van der Waals surface area contributed by atoms with E-state index in [2.05, 4.69) is 17.3 Å². The van der Waals surface area contributed by atoms with E-state index in [0.29, 0.717) is 59.4 Å². The maximum Gasteiger partial charge on any atom is 0.316 e. The van der Waals surface area contributed by atoms with Gasteiger partial charge < -0.3 is 19.7 Å². The first-order valence-corrected chi connectivity index (χ1v) is 16.0.